The Labute approximate surface area is 83.1 Å². The summed E-state index contributed by atoms with van der Waals surface area (Å²) in [5.41, 5.74) is 7.93. The van der Waals surface area contributed by atoms with E-state index in [2.05, 4.69) is 11.1 Å². The Kier molecular flexibility index (Phi) is 2.26. The van der Waals surface area contributed by atoms with Crippen LogP contribution in [0, 0.1) is 12.8 Å². The monoisotopic (exact) mass is 196 g/mol. The molecule has 1 aromatic rings. The second-order valence-corrected chi connectivity index (χ2v) is 4.07. The fourth-order valence-electron chi connectivity index (χ4n) is 1.70. The number of hydrogen-bond donors (Lipinski definition) is 1. The van der Waals surface area contributed by atoms with E-state index < -0.39 is 0 Å². The van der Waals surface area contributed by atoms with Crippen molar-refractivity contribution in [1.82, 2.24) is 4.98 Å². The average Bonchev–Trinajstić information content (AvgIpc) is 2.88. The molecule has 2 atom stereocenters. The summed E-state index contributed by atoms with van der Waals surface area (Å²) in [6.45, 7) is 2.77. The molecule has 1 saturated carbocycles. The Morgan fingerprint density at radius 1 is 1.69 bits per heavy atom. The van der Waals surface area contributed by atoms with Crippen molar-refractivity contribution in [1.29, 1.82) is 0 Å². The summed E-state index contributed by atoms with van der Waals surface area (Å²) in [6, 6.07) is 2.12. The van der Waals surface area contributed by atoms with Crippen LogP contribution in [0.15, 0.2) is 12.3 Å². The van der Waals surface area contributed by atoms with Gasteiger partial charge in [0.05, 0.1) is 0 Å². The van der Waals surface area contributed by atoms with Crippen molar-refractivity contribution >= 4 is 11.6 Å². The highest BCUT2D eigenvalue weighted by Gasteiger charge is 2.37. The van der Waals surface area contributed by atoms with Crippen LogP contribution < -0.4 is 5.73 Å². The van der Waals surface area contributed by atoms with Crippen LogP contribution in [0.3, 0.4) is 0 Å². The van der Waals surface area contributed by atoms with Gasteiger partial charge in [-0.25, -0.2) is 4.98 Å². The van der Waals surface area contributed by atoms with Crippen molar-refractivity contribution in [3.63, 3.8) is 0 Å². The maximum Gasteiger partial charge on any atom is 0.131 e. The summed E-state index contributed by atoms with van der Waals surface area (Å²) >= 11 is 5.84. The normalized spacial score (nSPS) is 26.1. The molecule has 2 nitrogen and oxygen atoms in total. The first-order chi connectivity index (χ1) is 6.22. The third-order valence-corrected chi connectivity index (χ3v) is 3.08. The second kappa shape index (κ2) is 3.28. The highest BCUT2D eigenvalue weighted by atomic mass is 35.5. The number of nitrogens with zero attached hydrogens (tertiary/aromatic N) is 1. The molecule has 0 spiro atoms. The summed E-state index contributed by atoms with van der Waals surface area (Å²) in [4.78, 5) is 4.13. The summed E-state index contributed by atoms with van der Waals surface area (Å²) < 4.78 is 0. The summed E-state index contributed by atoms with van der Waals surface area (Å²) in [7, 11) is 0. The summed E-state index contributed by atoms with van der Waals surface area (Å²) in [5.74, 6) is 1.30. The smallest absolute Gasteiger partial charge is 0.131 e. The number of aryl methyl sites for hydroxylation is 1. The highest BCUT2D eigenvalue weighted by molar-refractivity contribution is 6.30. The molecule has 1 aliphatic rings. The molecule has 0 amide bonds. The first-order valence-corrected chi connectivity index (χ1v) is 4.92. The van der Waals surface area contributed by atoms with Crippen molar-refractivity contribution in [2.24, 2.45) is 11.7 Å². The van der Waals surface area contributed by atoms with E-state index in [4.69, 9.17) is 17.3 Å². The zero-order chi connectivity index (χ0) is 9.42. The molecular weight excluding hydrogens is 184 g/mol. The quantitative estimate of drug-likeness (QED) is 0.736. The number of hydrogen-bond acceptors (Lipinski definition) is 2. The van der Waals surface area contributed by atoms with E-state index in [1.165, 1.54) is 12.0 Å². The number of halogens is 1. The standard InChI is InChI=1S/C10H13ClN2/c1-6-2-8(5-13-10(6)11)9-3-7(9)4-12/h2,5,7,9H,3-4,12H2,1H3. The van der Waals surface area contributed by atoms with Crippen molar-refractivity contribution in [3.05, 3.63) is 28.5 Å². The Bertz CT molecular complexity index is 325. The fraction of sp³-hybridized carbons (Fsp3) is 0.500. The topological polar surface area (TPSA) is 38.9 Å². The summed E-state index contributed by atoms with van der Waals surface area (Å²) in [6.07, 6.45) is 3.08. The van der Waals surface area contributed by atoms with E-state index in [1.54, 1.807) is 0 Å². The van der Waals surface area contributed by atoms with Crippen molar-refractivity contribution in [2.75, 3.05) is 6.54 Å². The average molecular weight is 197 g/mol. The van der Waals surface area contributed by atoms with Gasteiger partial charge in [0.1, 0.15) is 5.15 Å². The van der Waals surface area contributed by atoms with Gasteiger partial charge in [0.15, 0.2) is 0 Å². The molecular formula is C10H13ClN2. The fourth-order valence-corrected chi connectivity index (χ4v) is 1.80. The summed E-state index contributed by atoms with van der Waals surface area (Å²) in [5, 5.41) is 0.605. The van der Waals surface area contributed by atoms with Crippen LogP contribution in [0.4, 0.5) is 0 Å². The SMILES string of the molecule is Cc1cc(C2CC2CN)cnc1Cl. The van der Waals surface area contributed by atoms with E-state index in [9.17, 15) is 0 Å². The van der Waals surface area contributed by atoms with Gasteiger partial charge in [-0.1, -0.05) is 17.7 Å². The lowest BCUT2D eigenvalue weighted by Gasteiger charge is -2.01. The molecule has 0 radical (unpaired) electrons. The van der Waals surface area contributed by atoms with Gasteiger partial charge in [0, 0.05) is 6.20 Å². The molecule has 0 aliphatic heterocycles. The highest BCUT2D eigenvalue weighted by Crippen LogP contribution is 2.46. The molecule has 13 heavy (non-hydrogen) atoms. The van der Waals surface area contributed by atoms with Crippen LogP contribution in [0.1, 0.15) is 23.5 Å². The molecule has 1 heterocycles. The minimum absolute atomic E-state index is 0.605. The largest absolute Gasteiger partial charge is 0.330 e. The molecule has 70 valence electrons. The zero-order valence-corrected chi connectivity index (χ0v) is 8.38. The number of nitrogens with two attached hydrogens (primary N) is 1. The lowest BCUT2D eigenvalue weighted by Crippen LogP contribution is -2.02. The lowest BCUT2D eigenvalue weighted by molar-refractivity contribution is 0.807. The molecule has 2 N–H and O–H groups in total. The Morgan fingerprint density at radius 3 is 3.00 bits per heavy atom. The minimum Gasteiger partial charge on any atom is -0.330 e. The van der Waals surface area contributed by atoms with Crippen LogP contribution in [0.5, 0.6) is 0 Å². The Balaban J connectivity index is 2.19. The molecule has 1 aliphatic carbocycles. The molecule has 0 saturated heterocycles. The maximum atomic E-state index is 5.84. The number of rotatable bonds is 2. The van der Waals surface area contributed by atoms with Crippen molar-refractivity contribution < 1.29 is 0 Å². The van der Waals surface area contributed by atoms with Gasteiger partial charge in [0.25, 0.3) is 0 Å². The van der Waals surface area contributed by atoms with E-state index in [0.717, 1.165) is 12.1 Å². The van der Waals surface area contributed by atoms with Crippen molar-refractivity contribution in [2.45, 2.75) is 19.3 Å². The first-order valence-electron chi connectivity index (χ1n) is 4.54. The first kappa shape index (κ1) is 8.97. The van der Waals surface area contributed by atoms with Gasteiger partial charge in [-0.3, -0.25) is 0 Å². The Hall–Kier alpha value is -0.600. The number of aromatic nitrogens is 1. The van der Waals surface area contributed by atoms with E-state index in [1.807, 2.05) is 13.1 Å². The second-order valence-electron chi connectivity index (χ2n) is 3.71. The van der Waals surface area contributed by atoms with Crippen LogP contribution in [0.2, 0.25) is 5.15 Å². The third kappa shape index (κ3) is 1.69. The zero-order valence-electron chi connectivity index (χ0n) is 7.63. The van der Waals surface area contributed by atoms with Gasteiger partial charge in [-0.15, -0.1) is 0 Å². The van der Waals surface area contributed by atoms with Crippen LogP contribution in [-0.2, 0) is 0 Å². The molecule has 2 unspecified atom stereocenters. The third-order valence-electron chi connectivity index (χ3n) is 2.69. The minimum atomic E-state index is 0.605. The molecule has 2 rings (SSSR count). The molecule has 0 aromatic carbocycles. The Morgan fingerprint density at radius 2 is 2.46 bits per heavy atom. The number of pyridine rings is 1. The van der Waals surface area contributed by atoms with Crippen LogP contribution in [-0.4, -0.2) is 11.5 Å². The molecule has 0 bridgehead atoms. The predicted octanol–water partition coefficient (Wildman–Crippen LogP) is 2.11. The molecule has 1 aromatic heterocycles. The van der Waals surface area contributed by atoms with Gasteiger partial charge in [0.2, 0.25) is 0 Å². The van der Waals surface area contributed by atoms with Gasteiger partial charge in [-0.05, 0) is 42.9 Å². The van der Waals surface area contributed by atoms with E-state index in [0.29, 0.717) is 17.0 Å². The predicted molar refractivity (Wildman–Crippen MR) is 53.9 cm³/mol. The molecule has 3 heteroatoms. The van der Waals surface area contributed by atoms with E-state index in [-0.39, 0.29) is 0 Å². The van der Waals surface area contributed by atoms with Gasteiger partial charge in [-0.2, -0.15) is 0 Å². The lowest BCUT2D eigenvalue weighted by atomic mass is 10.1. The van der Waals surface area contributed by atoms with Crippen molar-refractivity contribution in [3.8, 4) is 0 Å². The van der Waals surface area contributed by atoms with Crippen LogP contribution in [0.25, 0.3) is 0 Å². The molecule has 1 fully saturated rings. The van der Waals surface area contributed by atoms with Crippen LogP contribution >= 0.6 is 11.6 Å². The van der Waals surface area contributed by atoms with Gasteiger partial charge >= 0.3 is 0 Å². The van der Waals surface area contributed by atoms with Gasteiger partial charge < -0.3 is 5.73 Å². The van der Waals surface area contributed by atoms with E-state index >= 15 is 0 Å². The maximum absolute atomic E-state index is 5.84.